The molecule has 1 fully saturated rings. The number of fused-ring (bicyclic) bond motifs is 3. The monoisotopic (exact) mass is 371 g/mol. The van der Waals surface area contributed by atoms with Crippen LogP contribution in [0.5, 0.6) is 0 Å². The largest absolute Gasteiger partial charge is 0.378 e. The fourth-order valence-electron chi connectivity index (χ4n) is 4.33. The maximum Gasteiger partial charge on any atom is 0.229 e. The molecule has 1 aliphatic carbocycles. The standard InChI is InChI=1S/C23H21N3O2/c24-23(27)22-18-5-2-1-4-17(18)21-16(6-3-7-19(21)22)15-8-9-20(25-14-15)26-10-12-28-13-11-26/h1-9,14,22H,10-13H2,(H2,24,27). The quantitative estimate of drug-likeness (QED) is 0.768. The average Bonchev–Trinajstić information content (AvgIpc) is 3.09. The van der Waals surface area contributed by atoms with Crippen molar-refractivity contribution >= 4 is 11.7 Å². The molecule has 1 atom stereocenters. The van der Waals surface area contributed by atoms with E-state index in [0.29, 0.717) is 0 Å². The number of carbonyl (C=O) groups excluding carboxylic acids is 1. The van der Waals surface area contributed by atoms with Crippen molar-refractivity contribution in [2.45, 2.75) is 5.92 Å². The molecule has 140 valence electrons. The number of amides is 1. The van der Waals surface area contributed by atoms with E-state index in [9.17, 15) is 4.79 Å². The third-order valence-corrected chi connectivity index (χ3v) is 5.63. The Morgan fingerprint density at radius 1 is 0.964 bits per heavy atom. The van der Waals surface area contributed by atoms with E-state index < -0.39 is 5.92 Å². The highest BCUT2D eigenvalue weighted by atomic mass is 16.5. The Labute approximate surface area is 163 Å². The van der Waals surface area contributed by atoms with E-state index in [4.69, 9.17) is 15.5 Å². The fraction of sp³-hybridized carbons (Fsp3) is 0.217. The number of morpholine rings is 1. The van der Waals surface area contributed by atoms with Gasteiger partial charge >= 0.3 is 0 Å². The van der Waals surface area contributed by atoms with E-state index in [0.717, 1.165) is 65.5 Å². The summed E-state index contributed by atoms with van der Waals surface area (Å²) in [5.41, 5.74) is 12.0. The van der Waals surface area contributed by atoms with Gasteiger partial charge in [-0.05, 0) is 39.9 Å². The molecule has 1 saturated heterocycles. The normalized spacial score (nSPS) is 17.9. The zero-order valence-electron chi connectivity index (χ0n) is 15.5. The third-order valence-electron chi connectivity index (χ3n) is 5.63. The van der Waals surface area contributed by atoms with Crippen molar-refractivity contribution in [2.24, 2.45) is 5.73 Å². The van der Waals surface area contributed by atoms with Crippen molar-refractivity contribution in [1.82, 2.24) is 4.98 Å². The van der Waals surface area contributed by atoms with Gasteiger partial charge in [0.05, 0.1) is 19.1 Å². The molecule has 0 radical (unpaired) electrons. The third kappa shape index (κ3) is 2.67. The van der Waals surface area contributed by atoms with Crippen molar-refractivity contribution in [3.63, 3.8) is 0 Å². The van der Waals surface area contributed by atoms with Crippen molar-refractivity contribution in [1.29, 1.82) is 0 Å². The van der Waals surface area contributed by atoms with Gasteiger partial charge in [-0.25, -0.2) is 4.98 Å². The van der Waals surface area contributed by atoms with Gasteiger partial charge in [0.15, 0.2) is 0 Å². The Bertz CT molecular complexity index is 1040. The predicted molar refractivity (Wildman–Crippen MR) is 109 cm³/mol. The molecule has 3 aromatic rings. The molecule has 1 unspecified atom stereocenters. The number of nitrogens with two attached hydrogens (primary N) is 1. The number of pyridine rings is 1. The van der Waals surface area contributed by atoms with Gasteiger partial charge in [-0.3, -0.25) is 4.79 Å². The molecule has 5 nitrogen and oxygen atoms in total. The minimum absolute atomic E-state index is 0.316. The number of benzene rings is 2. The van der Waals surface area contributed by atoms with Crippen LogP contribution in [0, 0.1) is 0 Å². The summed E-state index contributed by atoms with van der Waals surface area (Å²) in [5.74, 6) is 0.255. The van der Waals surface area contributed by atoms with E-state index in [1.165, 1.54) is 0 Å². The summed E-state index contributed by atoms with van der Waals surface area (Å²) >= 11 is 0. The molecule has 2 aromatic carbocycles. The number of hydrogen-bond donors (Lipinski definition) is 1. The van der Waals surface area contributed by atoms with Crippen LogP contribution < -0.4 is 10.6 Å². The zero-order chi connectivity index (χ0) is 19.1. The van der Waals surface area contributed by atoms with Crippen molar-refractivity contribution in [3.8, 4) is 22.3 Å². The number of rotatable bonds is 3. The summed E-state index contributed by atoms with van der Waals surface area (Å²) < 4.78 is 5.42. The van der Waals surface area contributed by atoms with Gasteiger partial charge in [-0.15, -0.1) is 0 Å². The second kappa shape index (κ2) is 6.77. The summed E-state index contributed by atoms with van der Waals surface area (Å²) in [6.45, 7) is 3.20. The van der Waals surface area contributed by atoms with E-state index in [2.05, 4.69) is 29.2 Å². The lowest BCUT2D eigenvalue weighted by Crippen LogP contribution is -2.36. The summed E-state index contributed by atoms with van der Waals surface area (Å²) in [5, 5.41) is 0. The average molecular weight is 371 g/mol. The molecule has 0 spiro atoms. The Morgan fingerprint density at radius 2 is 1.71 bits per heavy atom. The number of anilines is 1. The Balaban J connectivity index is 1.59. The molecule has 2 N–H and O–H groups in total. The molecule has 0 saturated carbocycles. The van der Waals surface area contributed by atoms with Gasteiger partial charge in [0.1, 0.15) is 5.82 Å². The molecule has 1 aliphatic heterocycles. The molecular weight excluding hydrogens is 350 g/mol. The van der Waals surface area contributed by atoms with Crippen molar-refractivity contribution in [3.05, 3.63) is 71.9 Å². The van der Waals surface area contributed by atoms with Crippen LogP contribution in [0.2, 0.25) is 0 Å². The van der Waals surface area contributed by atoms with Gasteiger partial charge in [-0.2, -0.15) is 0 Å². The Morgan fingerprint density at radius 3 is 2.46 bits per heavy atom. The number of primary amides is 1. The van der Waals surface area contributed by atoms with Crippen molar-refractivity contribution < 1.29 is 9.53 Å². The second-order valence-electron chi connectivity index (χ2n) is 7.20. The van der Waals surface area contributed by atoms with Gasteiger partial charge in [0, 0.05) is 24.8 Å². The van der Waals surface area contributed by atoms with Gasteiger partial charge in [0.25, 0.3) is 0 Å². The summed E-state index contributed by atoms with van der Waals surface area (Å²) in [4.78, 5) is 19.1. The van der Waals surface area contributed by atoms with Gasteiger partial charge < -0.3 is 15.4 Å². The van der Waals surface area contributed by atoms with E-state index in [1.54, 1.807) is 0 Å². The number of ether oxygens (including phenoxy) is 1. The SMILES string of the molecule is NC(=O)C1c2ccccc2-c2c(-c3ccc(N4CCOCC4)nc3)cccc21. The highest BCUT2D eigenvalue weighted by Gasteiger charge is 2.33. The zero-order valence-corrected chi connectivity index (χ0v) is 15.5. The van der Waals surface area contributed by atoms with Crippen molar-refractivity contribution in [2.75, 3.05) is 31.2 Å². The minimum Gasteiger partial charge on any atom is -0.378 e. The lowest BCUT2D eigenvalue weighted by molar-refractivity contribution is -0.118. The number of nitrogens with zero attached hydrogens (tertiary/aromatic N) is 2. The first-order valence-electron chi connectivity index (χ1n) is 9.54. The summed E-state index contributed by atoms with van der Waals surface area (Å²) in [7, 11) is 0. The Kier molecular flexibility index (Phi) is 4.10. The maximum atomic E-state index is 12.2. The maximum absolute atomic E-state index is 12.2. The molecule has 2 heterocycles. The molecule has 5 rings (SSSR count). The van der Waals surface area contributed by atoms with Crippen LogP contribution in [0.1, 0.15) is 17.0 Å². The predicted octanol–water partition coefficient (Wildman–Crippen LogP) is 3.18. The van der Waals surface area contributed by atoms with Gasteiger partial charge in [-0.1, -0.05) is 42.5 Å². The lowest BCUT2D eigenvalue weighted by atomic mass is 9.93. The van der Waals surface area contributed by atoms with Crippen LogP contribution in [-0.2, 0) is 9.53 Å². The number of hydrogen-bond acceptors (Lipinski definition) is 4. The van der Waals surface area contributed by atoms with Crippen LogP contribution in [0.25, 0.3) is 22.3 Å². The van der Waals surface area contributed by atoms with Crippen LogP contribution >= 0.6 is 0 Å². The van der Waals surface area contributed by atoms with Crippen LogP contribution in [0.4, 0.5) is 5.82 Å². The van der Waals surface area contributed by atoms with E-state index in [1.807, 2.05) is 36.5 Å². The molecule has 1 amide bonds. The Hall–Kier alpha value is -3.18. The highest BCUT2D eigenvalue weighted by molar-refractivity contribution is 6.00. The smallest absolute Gasteiger partial charge is 0.229 e. The molecule has 0 bridgehead atoms. The number of aromatic nitrogens is 1. The first kappa shape index (κ1) is 17.0. The molecule has 28 heavy (non-hydrogen) atoms. The van der Waals surface area contributed by atoms with Crippen LogP contribution in [0.3, 0.4) is 0 Å². The highest BCUT2D eigenvalue weighted by Crippen LogP contribution is 2.48. The molecular formula is C23H21N3O2. The topological polar surface area (TPSA) is 68.5 Å². The van der Waals surface area contributed by atoms with E-state index in [-0.39, 0.29) is 5.91 Å². The fourth-order valence-corrected chi connectivity index (χ4v) is 4.33. The lowest BCUT2D eigenvalue weighted by Gasteiger charge is -2.27. The van der Waals surface area contributed by atoms with Crippen LogP contribution in [-0.4, -0.2) is 37.2 Å². The summed E-state index contributed by atoms with van der Waals surface area (Å²) in [6, 6.07) is 18.3. The molecule has 1 aromatic heterocycles. The molecule has 5 heteroatoms. The second-order valence-corrected chi connectivity index (χ2v) is 7.20. The van der Waals surface area contributed by atoms with Crippen LogP contribution in [0.15, 0.2) is 60.8 Å². The first-order valence-corrected chi connectivity index (χ1v) is 9.54. The van der Waals surface area contributed by atoms with Gasteiger partial charge in [0.2, 0.25) is 5.91 Å². The minimum atomic E-state index is -0.397. The molecule has 2 aliphatic rings. The van der Waals surface area contributed by atoms with E-state index >= 15 is 0 Å². The summed E-state index contributed by atoms with van der Waals surface area (Å²) in [6.07, 6.45) is 1.92. The first-order chi connectivity index (χ1) is 13.7. The number of carbonyl (C=O) groups is 1.